The molecule has 1 aliphatic heterocycles. The number of aryl methyl sites for hydroxylation is 1. The van der Waals surface area contributed by atoms with Crippen LogP contribution < -0.4 is 5.32 Å². The lowest BCUT2D eigenvalue weighted by atomic mass is 9.99. The molecular weight excluding hydrogens is 240 g/mol. The molecule has 2 rings (SSSR count). The molecule has 0 aliphatic carbocycles. The first-order chi connectivity index (χ1) is 9.16. The molecule has 19 heavy (non-hydrogen) atoms. The van der Waals surface area contributed by atoms with Gasteiger partial charge in [0.15, 0.2) is 0 Å². The van der Waals surface area contributed by atoms with Gasteiger partial charge in [0.2, 0.25) is 5.91 Å². The van der Waals surface area contributed by atoms with E-state index in [4.69, 9.17) is 0 Å². The molecule has 2 N–H and O–H groups in total. The normalized spacial score (nSPS) is 17.2. The molecule has 1 aromatic rings. The van der Waals surface area contributed by atoms with Crippen LogP contribution in [0.25, 0.3) is 0 Å². The number of phenols is 1. The Kier molecular flexibility index (Phi) is 4.80. The monoisotopic (exact) mass is 262 g/mol. The van der Waals surface area contributed by atoms with Gasteiger partial charge in [0.25, 0.3) is 0 Å². The Morgan fingerprint density at radius 1 is 1.32 bits per heavy atom. The quantitative estimate of drug-likeness (QED) is 0.862. The lowest BCUT2D eigenvalue weighted by molar-refractivity contribution is -0.135. The zero-order chi connectivity index (χ0) is 13.7. The van der Waals surface area contributed by atoms with E-state index in [9.17, 15) is 9.90 Å². The fourth-order valence-electron chi connectivity index (χ4n) is 2.37. The summed E-state index contributed by atoms with van der Waals surface area (Å²) in [6, 6.07) is 7.21. The van der Waals surface area contributed by atoms with Crippen molar-refractivity contribution in [2.75, 3.05) is 26.2 Å². The number of hydrogen-bond acceptors (Lipinski definition) is 3. The van der Waals surface area contributed by atoms with Crippen molar-refractivity contribution in [3.8, 4) is 5.75 Å². The predicted octanol–water partition coefficient (Wildman–Crippen LogP) is 1.39. The Bertz CT molecular complexity index is 411. The molecule has 4 nitrogen and oxygen atoms in total. The van der Waals surface area contributed by atoms with Crippen LogP contribution >= 0.6 is 0 Å². The molecule has 0 aromatic heterocycles. The molecule has 1 heterocycles. The summed E-state index contributed by atoms with van der Waals surface area (Å²) in [6.07, 6.45) is 1.73. The minimum atomic E-state index is 0.0619. The van der Waals surface area contributed by atoms with Crippen LogP contribution in [0.5, 0.6) is 5.75 Å². The number of nitrogens with one attached hydrogen (secondary N) is 1. The van der Waals surface area contributed by atoms with E-state index < -0.39 is 0 Å². The van der Waals surface area contributed by atoms with Gasteiger partial charge < -0.3 is 15.3 Å². The van der Waals surface area contributed by atoms with E-state index in [0.29, 0.717) is 0 Å². The zero-order valence-electron chi connectivity index (χ0n) is 11.4. The number of carbonyl (C=O) groups is 1. The molecule has 1 amide bonds. The van der Waals surface area contributed by atoms with Gasteiger partial charge in [-0.1, -0.05) is 19.1 Å². The van der Waals surface area contributed by atoms with Crippen LogP contribution in [-0.2, 0) is 11.2 Å². The van der Waals surface area contributed by atoms with Crippen molar-refractivity contribution in [3.63, 3.8) is 0 Å². The minimum absolute atomic E-state index is 0.0619. The summed E-state index contributed by atoms with van der Waals surface area (Å²) in [5.74, 6) is 0.612. The summed E-state index contributed by atoms with van der Waals surface area (Å²) in [7, 11) is 0. The van der Waals surface area contributed by atoms with Gasteiger partial charge in [0.1, 0.15) is 5.75 Å². The number of carbonyl (C=O) groups excluding carboxylic acids is 1. The fourth-order valence-corrected chi connectivity index (χ4v) is 2.37. The van der Waals surface area contributed by atoms with E-state index in [1.54, 1.807) is 12.1 Å². The van der Waals surface area contributed by atoms with Crippen molar-refractivity contribution >= 4 is 5.91 Å². The van der Waals surface area contributed by atoms with Gasteiger partial charge in [0, 0.05) is 32.1 Å². The van der Waals surface area contributed by atoms with Crippen molar-refractivity contribution in [2.45, 2.75) is 19.8 Å². The Hall–Kier alpha value is -1.55. The number of aromatic hydroxyl groups is 1. The summed E-state index contributed by atoms with van der Waals surface area (Å²) in [6.45, 7) is 5.45. The third-order valence-corrected chi connectivity index (χ3v) is 3.65. The van der Waals surface area contributed by atoms with Crippen LogP contribution in [0.15, 0.2) is 24.3 Å². The predicted molar refractivity (Wildman–Crippen MR) is 75.0 cm³/mol. The maximum atomic E-state index is 12.2. The van der Waals surface area contributed by atoms with Crippen LogP contribution in [0.4, 0.5) is 0 Å². The second kappa shape index (κ2) is 6.57. The summed E-state index contributed by atoms with van der Waals surface area (Å²) < 4.78 is 0. The number of benzene rings is 1. The molecule has 1 fully saturated rings. The van der Waals surface area contributed by atoms with Crippen LogP contribution in [0.2, 0.25) is 0 Å². The number of amides is 1. The molecule has 0 spiro atoms. The summed E-state index contributed by atoms with van der Waals surface area (Å²) in [4.78, 5) is 14.2. The Morgan fingerprint density at radius 3 is 2.58 bits per heavy atom. The van der Waals surface area contributed by atoms with E-state index >= 15 is 0 Å². The summed E-state index contributed by atoms with van der Waals surface area (Å²) in [5, 5.41) is 12.5. The first-order valence-corrected chi connectivity index (χ1v) is 6.94. The first-order valence-electron chi connectivity index (χ1n) is 6.94. The van der Waals surface area contributed by atoms with Crippen LogP contribution in [0.1, 0.15) is 18.9 Å². The van der Waals surface area contributed by atoms with Gasteiger partial charge in [0.05, 0.1) is 0 Å². The van der Waals surface area contributed by atoms with Crippen molar-refractivity contribution < 1.29 is 9.90 Å². The molecular formula is C15H22N2O2. The third-order valence-electron chi connectivity index (χ3n) is 3.65. The zero-order valence-corrected chi connectivity index (χ0v) is 11.4. The SMILES string of the molecule is CC(CCc1ccc(O)cc1)C(=O)N1CCNCC1. The number of phenolic OH excluding ortho intramolecular Hbond substituents is 1. The van der Waals surface area contributed by atoms with E-state index in [2.05, 4.69) is 5.32 Å². The van der Waals surface area contributed by atoms with E-state index in [1.165, 1.54) is 0 Å². The molecule has 1 aromatic carbocycles. The summed E-state index contributed by atoms with van der Waals surface area (Å²) >= 11 is 0. The Labute approximate surface area is 114 Å². The van der Waals surface area contributed by atoms with Crippen LogP contribution in [0, 0.1) is 5.92 Å². The van der Waals surface area contributed by atoms with E-state index in [0.717, 1.165) is 44.6 Å². The Morgan fingerprint density at radius 2 is 1.95 bits per heavy atom. The average Bonchev–Trinajstić information content (AvgIpc) is 2.46. The summed E-state index contributed by atoms with van der Waals surface area (Å²) in [5.41, 5.74) is 1.16. The van der Waals surface area contributed by atoms with Gasteiger partial charge in [-0.3, -0.25) is 4.79 Å². The molecule has 1 aliphatic rings. The standard InChI is InChI=1S/C15H22N2O2/c1-12(15(19)17-10-8-16-9-11-17)2-3-13-4-6-14(18)7-5-13/h4-7,12,16,18H,2-3,8-11H2,1H3. The maximum absolute atomic E-state index is 12.2. The maximum Gasteiger partial charge on any atom is 0.225 e. The Balaban J connectivity index is 1.81. The number of piperazine rings is 1. The smallest absolute Gasteiger partial charge is 0.225 e. The number of hydrogen-bond donors (Lipinski definition) is 2. The van der Waals surface area contributed by atoms with Crippen molar-refractivity contribution in [1.29, 1.82) is 0 Å². The van der Waals surface area contributed by atoms with Gasteiger partial charge in [-0.15, -0.1) is 0 Å². The molecule has 1 saturated heterocycles. The molecule has 0 saturated carbocycles. The van der Waals surface area contributed by atoms with Crippen LogP contribution in [0.3, 0.4) is 0 Å². The lowest BCUT2D eigenvalue weighted by Gasteiger charge is -2.29. The highest BCUT2D eigenvalue weighted by Gasteiger charge is 2.21. The molecule has 1 unspecified atom stereocenters. The second-order valence-corrected chi connectivity index (χ2v) is 5.18. The number of nitrogens with zero attached hydrogens (tertiary/aromatic N) is 1. The molecule has 0 bridgehead atoms. The average molecular weight is 262 g/mol. The third kappa shape index (κ3) is 3.96. The van der Waals surface area contributed by atoms with Gasteiger partial charge in [-0.2, -0.15) is 0 Å². The lowest BCUT2D eigenvalue weighted by Crippen LogP contribution is -2.48. The van der Waals surface area contributed by atoms with Crippen molar-refractivity contribution in [1.82, 2.24) is 10.2 Å². The highest BCUT2D eigenvalue weighted by molar-refractivity contribution is 5.78. The highest BCUT2D eigenvalue weighted by atomic mass is 16.3. The fraction of sp³-hybridized carbons (Fsp3) is 0.533. The molecule has 0 radical (unpaired) electrons. The van der Waals surface area contributed by atoms with Gasteiger partial charge in [-0.05, 0) is 30.5 Å². The topological polar surface area (TPSA) is 52.6 Å². The highest BCUT2D eigenvalue weighted by Crippen LogP contribution is 2.15. The van der Waals surface area contributed by atoms with E-state index in [-0.39, 0.29) is 17.6 Å². The second-order valence-electron chi connectivity index (χ2n) is 5.18. The molecule has 4 heteroatoms. The van der Waals surface area contributed by atoms with Gasteiger partial charge in [-0.25, -0.2) is 0 Å². The van der Waals surface area contributed by atoms with Crippen molar-refractivity contribution in [2.24, 2.45) is 5.92 Å². The van der Waals surface area contributed by atoms with E-state index in [1.807, 2.05) is 24.0 Å². The van der Waals surface area contributed by atoms with Crippen molar-refractivity contribution in [3.05, 3.63) is 29.8 Å². The molecule has 104 valence electrons. The minimum Gasteiger partial charge on any atom is -0.508 e. The van der Waals surface area contributed by atoms with Gasteiger partial charge >= 0.3 is 0 Å². The van der Waals surface area contributed by atoms with Crippen LogP contribution in [-0.4, -0.2) is 42.1 Å². The first kappa shape index (κ1) is 13.9. The number of rotatable bonds is 4. The molecule has 1 atom stereocenters. The largest absolute Gasteiger partial charge is 0.508 e.